The van der Waals surface area contributed by atoms with Crippen LogP contribution in [0.2, 0.25) is 5.15 Å². The van der Waals surface area contributed by atoms with Crippen LogP contribution in [-0.2, 0) is 13.2 Å². The Morgan fingerprint density at radius 1 is 1.21 bits per heavy atom. The maximum Gasteiger partial charge on any atom is 0.161 e. The highest BCUT2D eigenvalue weighted by molar-refractivity contribution is 6.29. The fourth-order valence-corrected chi connectivity index (χ4v) is 2.40. The van der Waals surface area contributed by atoms with E-state index >= 15 is 0 Å². The van der Waals surface area contributed by atoms with Gasteiger partial charge in [-0.2, -0.15) is 0 Å². The number of aliphatic hydroxyl groups is 1. The summed E-state index contributed by atoms with van der Waals surface area (Å²) >= 11 is 5.78. The van der Waals surface area contributed by atoms with E-state index in [2.05, 4.69) is 17.2 Å². The van der Waals surface area contributed by atoms with E-state index in [1.54, 1.807) is 19.4 Å². The topological polar surface area (TPSA) is 68.2 Å². The molecular formula is C18H24ClN2O3+. The van der Waals surface area contributed by atoms with Crippen LogP contribution in [-0.4, -0.2) is 29.8 Å². The van der Waals surface area contributed by atoms with Crippen molar-refractivity contribution in [2.75, 3.05) is 13.7 Å². The van der Waals surface area contributed by atoms with E-state index in [4.69, 9.17) is 21.1 Å². The molecule has 0 saturated heterocycles. The van der Waals surface area contributed by atoms with Crippen LogP contribution in [0.25, 0.3) is 0 Å². The van der Waals surface area contributed by atoms with Crippen molar-refractivity contribution in [3.63, 3.8) is 0 Å². The molecule has 24 heavy (non-hydrogen) atoms. The second-order valence-corrected chi connectivity index (χ2v) is 5.94. The first kappa shape index (κ1) is 18.5. The van der Waals surface area contributed by atoms with Crippen LogP contribution in [0.4, 0.5) is 0 Å². The third-order valence-electron chi connectivity index (χ3n) is 3.86. The average Bonchev–Trinajstić information content (AvgIpc) is 2.62. The molecule has 0 aliphatic carbocycles. The molecule has 0 unspecified atom stereocenters. The van der Waals surface area contributed by atoms with Crippen molar-refractivity contribution >= 4 is 11.6 Å². The van der Waals surface area contributed by atoms with E-state index in [0.29, 0.717) is 23.3 Å². The normalized spacial score (nSPS) is 12.0. The molecule has 5 nitrogen and oxygen atoms in total. The average molecular weight is 352 g/mol. The summed E-state index contributed by atoms with van der Waals surface area (Å²) in [4.78, 5) is 4.03. The van der Waals surface area contributed by atoms with Crippen molar-refractivity contribution in [2.45, 2.75) is 32.5 Å². The molecular weight excluding hydrogens is 328 g/mol. The first-order chi connectivity index (χ1) is 11.7. The van der Waals surface area contributed by atoms with Gasteiger partial charge >= 0.3 is 0 Å². The van der Waals surface area contributed by atoms with E-state index < -0.39 is 0 Å². The number of nitrogens with two attached hydrogens (primary N) is 1. The highest BCUT2D eigenvalue weighted by Gasteiger charge is 2.10. The Hall–Kier alpha value is -1.82. The molecule has 0 spiro atoms. The first-order valence-electron chi connectivity index (χ1n) is 8.00. The number of aliphatic hydroxyl groups excluding tert-OH is 1. The van der Waals surface area contributed by atoms with Crippen molar-refractivity contribution in [2.24, 2.45) is 0 Å². The lowest BCUT2D eigenvalue weighted by molar-refractivity contribution is -0.706. The predicted octanol–water partition coefficient (Wildman–Crippen LogP) is 2.16. The number of ether oxygens (including phenoxy) is 2. The molecule has 130 valence electrons. The summed E-state index contributed by atoms with van der Waals surface area (Å²) in [6.07, 6.45) is 2.63. The Morgan fingerprint density at radius 3 is 2.62 bits per heavy atom. The van der Waals surface area contributed by atoms with Gasteiger partial charge in [0.2, 0.25) is 0 Å². The van der Waals surface area contributed by atoms with Gasteiger partial charge in [-0.15, -0.1) is 0 Å². The number of hydrogen-bond donors (Lipinski definition) is 2. The number of hydrogen-bond acceptors (Lipinski definition) is 4. The number of quaternary nitrogens is 1. The van der Waals surface area contributed by atoms with Crippen LogP contribution >= 0.6 is 11.6 Å². The number of benzene rings is 1. The molecule has 0 aliphatic rings. The van der Waals surface area contributed by atoms with E-state index in [1.165, 1.54) is 0 Å². The quantitative estimate of drug-likeness (QED) is 0.679. The van der Waals surface area contributed by atoms with Gasteiger partial charge in [0.15, 0.2) is 11.5 Å². The summed E-state index contributed by atoms with van der Waals surface area (Å²) in [5, 5.41) is 11.9. The number of aromatic nitrogens is 1. The Labute approximate surface area is 147 Å². The molecule has 2 aromatic rings. The monoisotopic (exact) mass is 351 g/mol. The SMILES string of the molecule is CC[C@H](CO)[NH2+]Cc1ccc(OCc2ccc(Cl)nc2)c(OC)c1. The van der Waals surface area contributed by atoms with Crippen LogP contribution in [0.3, 0.4) is 0 Å². The summed E-state index contributed by atoms with van der Waals surface area (Å²) in [6.45, 7) is 3.44. The third kappa shape index (κ3) is 5.37. The highest BCUT2D eigenvalue weighted by Crippen LogP contribution is 2.28. The number of halogens is 1. The molecule has 1 heterocycles. The largest absolute Gasteiger partial charge is 0.493 e. The first-order valence-corrected chi connectivity index (χ1v) is 8.38. The van der Waals surface area contributed by atoms with Gasteiger partial charge in [-0.25, -0.2) is 4.98 Å². The predicted molar refractivity (Wildman–Crippen MR) is 93.4 cm³/mol. The molecule has 6 heteroatoms. The Morgan fingerprint density at radius 2 is 2.00 bits per heavy atom. The van der Waals surface area contributed by atoms with Gasteiger partial charge in [0.1, 0.15) is 24.3 Å². The van der Waals surface area contributed by atoms with E-state index in [1.807, 2.05) is 24.3 Å². The smallest absolute Gasteiger partial charge is 0.161 e. The maximum atomic E-state index is 9.25. The number of pyridine rings is 1. The van der Waals surface area contributed by atoms with Crippen molar-refractivity contribution in [1.82, 2.24) is 4.98 Å². The zero-order valence-corrected chi connectivity index (χ0v) is 14.8. The van der Waals surface area contributed by atoms with Gasteiger partial charge in [0, 0.05) is 17.3 Å². The van der Waals surface area contributed by atoms with Crippen LogP contribution < -0.4 is 14.8 Å². The zero-order valence-electron chi connectivity index (χ0n) is 14.0. The summed E-state index contributed by atoms with van der Waals surface area (Å²) in [7, 11) is 1.63. The number of methoxy groups -OCH3 is 1. The Kier molecular flexibility index (Phi) is 7.31. The van der Waals surface area contributed by atoms with Gasteiger partial charge in [-0.05, 0) is 30.7 Å². The molecule has 0 aliphatic heterocycles. The minimum absolute atomic E-state index is 0.184. The maximum absolute atomic E-state index is 9.25. The third-order valence-corrected chi connectivity index (χ3v) is 4.08. The summed E-state index contributed by atoms with van der Waals surface area (Å²) in [6, 6.07) is 9.73. The molecule has 0 saturated carbocycles. The molecule has 0 radical (unpaired) electrons. The van der Waals surface area contributed by atoms with E-state index in [9.17, 15) is 5.11 Å². The highest BCUT2D eigenvalue weighted by atomic mass is 35.5. The fourth-order valence-electron chi connectivity index (χ4n) is 2.28. The molecule has 0 bridgehead atoms. The molecule has 0 amide bonds. The molecule has 1 aromatic heterocycles. The van der Waals surface area contributed by atoms with Crippen molar-refractivity contribution in [1.29, 1.82) is 0 Å². The molecule has 3 N–H and O–H groups in total. The van der Waals surface area contributed by atoms with E-state index in [-0.39, 0.29) is 12.6 Å². The van der Waals surface area contributed by atoms with Gasteiger partial charge in [-0.1, -0.05) is 24.6 Å². The fraction of sp³-hybridized carbons (Fsp3) is 0.389. The second-order valence-electron chi connectivity index (χ2n) is 5.55. The zero-order chi connectivity index (χ0) is 17.4. The lowest BCUT2D eigenvalue weighted by atomic mass is 10.1. The van der Waals surface area contributed by atoms with Gasteiger partial charge in [0.05, 0.1) is 13.7 Å². The van der Waals surface area contributed by atoms with Crippen LogP contribution in [0, 0.1) is 0 Å². The lowest BCUT2D eigenvalue weighted by Gasteiger charge is -2.14. The minimum Gasteiger partial charge on any atom is -0.493 e. The van der Waals surface area contributed by atoms with Crippen LogP contribution in [0.15, 0.2) is 36.5 Å². The van der Waals surface area contributed by atoms with E-state index in [0.717, 1.165) is 24.1 Å². The van der Waals surface area contributed by atoms with Crippen molar-refractivity contribution in [3.05, 3.63) is 52.8 Å². The van der Waals surface area contributed by atoms with Crippen molar-refractivity contribution in [3.8, 4) is 11.5 Å². The lowest BCUT2D eigenvalue weighted by Crippen LogP contribution is -2.89. The molecule has 0 fully saturated rings. The standard InChI is InChI=1S/C18H23ClN2O3/c1-3-15(11-22)20-9-13-4-6-16(17(8-13)23-2)24-12-14-5-7-18(19)21-10-14/h4-8,10,15,20,22H,3,9,11-12H2,1-2H3/p+1/t15-/m1/s1. The number of rotatable bonds is 9. The van der Waals surface area contributed by atoms with Gasteiger partial charge in [0.25, 0.3) is 0 Å². The van der Waals surface area contributed by atoms with Crippen LogP contribution in [0.5, 0.6) is 11.5 Å². The summed E-state index contributed by atoms with van der Waals surface area (Å²) < 4.78 is 11.2. The number of nitrogens with zero attached hydrogens (tertiary/aromatic N) is 1. The second kappa shape index (κ2) is 9.47. The van der Waals surface area contributed by atoms with Gasteiger partial charge in [-0.3, -0.25) is 0 Å². The Balaban J connectivity index is 1.99. The minimum atomic E-state index is 0.184. The summed E-state index contributed by atoms with van der Waals surface area (Å²) in [5.41, 5.74) is 2.06. The van der Waals surface area contributed by atoms with Gasteiger partial charge < -0.3 is 19.9 Å². The molecule has 2 rings (SSSR count). The molecule has 1 atom stereocenters. The molecule has 1 aromatic carbocycles. The summed E-state index contributed by atoms with van der Waals surface area (Å²) in [5.74, 6) is 1.38. The van der Waals surface area contributed by atoms with Crippen LogP contribution in [0.1, 0.15) is 24.5 Å². The van der Waals surface area contributed by atoms with Crippen molar-refractivity contribution < 1.29 is 19.9 Å². The Bertz CT molecular complexity index is 631.